The number of benzene rings is 1. The van der Waals surface area contributed by atoms with E-state index < -0.39 is 6.10 Å². The van der Waals surface area contributed by atoms with Gasteiger partial charge < -0.3 is 10.4 Å². The van der Waals surface area contributed by atoms with Crippen molar-refractivity contribution in [3.63, 3.8) is 0 Å². The van der Waals surface area contributed by atoms with Crippen molar-refractivity contribution in [3.05, 3.63) is 54.5 Å². The van der Waals surface area contributed by atoms with Crippen molar-refractivity contribution in [3.8, 4) is 5.82 Å². The van der Waals surface area contributed by atoms with Crippen molar-refractivity contribution in [1.82, 2.24) is 19.9 Å². The summed E-state index contributed by atoms with van der Waals surface area (Å²) in [4.78, 5) is 20.7. The van der Waals surface area contributed by atoms with Crippen LogP contribution in [0.25, 0.3) is 16.9 Å². The van der Waals surface area contributed by atoms with Gasteiger partial charge >= 0.3 is 0 Å². The third kappa shape index (κ3) is 3.37. The third-order valence-corrected chi connectivity index (χ3v) is 3.56. The molecule has 0 saturated carbocycles. The highest BCUT2D eigenvalue weighted by atomic mass is 16.3. The number of nitrogens with one attached hydrogen (secondary N) is 1. The zero-order valence-corrected chi connectivity index (χ0v) is 12.8. The number of aliphatic hydroxyl groups excluding tert-OH is 1. The number of carbonyl (C=O) groups excluding carboxylic acids is 1. The number of hydrogen-bond acceptors (Lipinski definition) is 4. The Bertz CT molecular complexity index is 809. The van der Waals surface area contributed by atoms with E-state index in [0.29, 0.717) is 24.3 Å². The Morgan fingerprint density at radius 2 is 2.09 bits per heavy atom. The van der Waals surface area contributed by atoms with Crippen molar-refractivity contribution >= 4 is 16.9 Å². The van der Waals surface area contributed by atoms with Gasteiger partial charge in [0.05, 0.1) is 22.7 Å². The standard InChI is InChI=1S/C17H18N4O2/c1-12(22)8-9-18-17(23)13-6-7-16(19-10-13)21-11-20-14-4-2-3-5-15(14)21/h2-7,10-12,22H,8-9H2,1H3,(H,18,23). The largest absolute Gasteiger partial charge is 0.393 e. The van der Waals surface area contributed by atoms with Crippen LogP contribution in [0.1, 0.15) is 23.7 Å². The van der Waals surface area contributed by atoms with E-state index in [9.17, 15) is 9.90 Å². The highest BCUT2D eigenvalue weighted by Gasteiger charge is 2.08. The van der Waals surface area contributed by atoms with Crippen LogP contribution in [0.15, 0.2) is 48.9 Å². The molecule has 23 heavy (non-hydrogen) atoms. The summed E-state index contributed by atoms with van der Waals surface area (Å²) in [6, 6.07) is 11.3. The first-order valence-corrected chi connectivity index (χ1v) is 7.50. The average molecular weight is 310 g/mol. The molecule has 0 bridgehead atoms. The molecular weight excluding hydrogens is 292 g/mol. The van der Waals surface area contributed by atoms with E-state index in [-0.39, 0.29) is 5.91 Å². The molecule has 3 aromatic rings. The fourth-order valence-electron chi connectivity index (χ4n) is 2.30. The Balaban J connectivity index is 1.75. The van der Waals surface area contributed by atoms with E-state index in [4.69, 9.17) is 0 Å². The van der Waals surface area contributed by atoms with E-state index in [1.54, 1.807) is 31.6 Å². The van der Waals surface area contributed by atoms with Crippen molar-refractivity contribution in [2.75, 3.05) is 6.54 Å². The van der Waals surface area contributed by atoms with Crippen LogP contribution >= 0.6 is 0 Å². The SMILES string of the molecule is CC(O)CCNC(=O)c1ccc(-n2cnc3ccccc32)nc1. The summed E-state index contributed by atoms with van der Waals surface area (Å²) in [6.07, 6.45) is 3.36. The van der Waals surface area contributed by atoms with Gasteiger partial charge in [-0.25, -0.2) is 9.97 Å². The number of hydrogen-bond donors (Lipinski definition) is 2. The number of pyridine rings is 1. The van der Waals surface area contributed by atoms with Crippen molar-refractivity contribution in [2.45, 2.75) is 19.4 Å². The van der Waals surface area contributed by atoms with Crippen molar-refractivity contribution in [1.29, 1.82) is 0 Å². The molecule has 6 heteroatoms. The summed E-state index contributed by atoms with van der Waals surface area (Å²) in [5.74, 6) is 0.513. The Hall–Kier alpha value is -2.73. The Kier molecular flexibility index (Phi) is 4.34. The minimum Gasteiger partial charge on any atom is -0.393 e. The monoisotopic (exact) mass is 310 g/mol. The summed E-state index contributed by atoms with van der Waals surface area (Å²) >= 11 is 0. The lowest BCUT2D eigenvalue weighted by molar-refractivity contribution is 0.0945. The molecule has 1 amide bonds. The molecule has 0 aliphatic heterocycles. The molecular formula is C17H18N4O2. The normalized spacial score (nSPS) is 12.3. The van der Waals surface area contributed by atoms with Crippen LogP contribution < -0.4 is 5.32 Å². The van der Waals surface area contributed by atoms with E-state index in [0.717, 1.165) is 11.0 Å². The predicted molar refractivity (Wildman–Crippen MR) is 87.5 cm³/mol. The van der Waals surface area contributed by atoms with Crippen LogP contribution in [-0.2, 0) is 0 Å². The fourth-order valence-corrected chi connectivity index (χ4v) is 2.30. The topological polar surface area (TPSA) is 80.0 Å². The Labute approximate surface area is 133 Å². The maximum atomic E-state index is 12.0. The number of para-hydroxylation sites is 2. The molecule has 2 heterocycles. The van der Waals surface area contributed by atoms with E-state index in [1.807, 2.05) is 28.8 Å². The molecule has 6 nitrogen and oxygen atoms in total. The highest BCUT2D eigenvalue weighted by Crippen LogP contribution is 2.16. The first-order chi connectivity index (χ1) is 11.1. The number of rotatable bonds is 5. The van der Waals surface area contributed by atoms with Crippen LogP contribution in [0.4, 0.5) is 0 Å². The molecule has 1 atom stereocenters. The van der Waals surface area contributed by atoms with Crippen LogP contribution in [-0.4, -0.2) is 38.2 Å². The summed E-state index contributed by atoms with van der Waals surface area (Å²) in [6.45, 7) is 2.13. The number of fused-ring (bicyclic) bond motifs is 1. The minimum absolute atomic E-state index is 0.194. The molecule has 1 unspecified atom stereocenters. The molecule has 2 N–H and O–H groups in total. The Morgan fingerprint density at radius 1 is 1.26 bits per heavy atom. The number of nitrogens with zero attached hydrogens (tertiary/aromatic N) is 3. The van der Waals surface area contributed by atoms with Gasteiger partial charge in [-0.1, -0.05) is 12.1 Å². The maximum absolute atomic E-state index is 12.0. The molecule has 0 spiro atoms. The van der Waals surface area contributed by atoms with Crippen molar-refractivity contribution < 1.29 is 9.90 Å². The van der Waals surface area contributed by atoms with E-state index in [2.05, 4.69) is 15.3 Å². The second-order valence-electron chi connectivity index (χ2n) is 5.40. The number of carbonyl (C=O) groups is 1. The van der Waals surface area contributed by atoms with Crippen LogP contribution in [0, 0.1) is 0 Å². The van der Waals surface area contributed by atoms with E-state index in [1.165, 1.54) is 0 Å². The lowest BCUT2D eigenvalue weighted by Gasteiger charge is -2.07. The smallest absolute Gasteiger partial charge is 0.252 e. The van der Waals surface area contributed by atoms with Gasteiger partial charge in [-0.15, -0.1) is 0 Å². The van der Waals surface area contributed by atoms with Gasteiger partial charge in [-0.05, 0) is 37.6 Å². The zero-order chi connectivity index (χ0) is 16.2. The fraction of sp³-hybridized carbons (Fsp3) is 0.235. The van der Waals surface area contributed by atoms with Crippen LogP contribution in [0.2, 0.25) is 0 Å². The minimum atomic E-state index is -0.426. The first-order valence-electron chi connectivity index (χ1n) is 7.50. The van der Waals surface area contributed by atoms with Gasteiger partial charge in [-0.2, -0.15) is 0 Å². The first kappa shape index (κ1) is 15.2. The molecule has 3 rings (SSSR count). The molecule has 1 aromatic carbocycles. The second-order valence-corrected chi connectivity index (χ2v) is 5.40. The molecule has 0 fully saturated rings. The van der Waals surface area contributed by atoms with Crippen molar-refractivity contribution in [2.24, 2.45) is 0 Å². The zero-order valence-electron chi connectivity index (χ0n) is 12.8. The van der Waals surface area contributed by atoms with Crippen LogP contribution in [0.3, 0.4) is 0 Å². The lowest BCUT2D eigenvalue weighted by Crippen LogP contribution is -2.26. The van der Waals surface area contributed by atoms with E-state index >= 15 is 0 Å². The molecule has 0 radical (unpaired) electrons. The van der Waals surface area contributed by atoms with Gasteiger partial charge in [0.1, 0.15) is 12.1 Å². The highest BCUT2D eigenvalue weighted by molar-refractivity contribution is 5.94. The summed E-state index contributed by atoms with van der Waals surface area (Å²) in [5, 5.41) is 11.9. The number of amides is 1. The van der Waals surface area contributed by atoms with Gasteiger partial charge in [0.25, 0.3) is 5.91 Å². The number of imidazole rings is 1. The average Bonchev–Trinajstić information content (AvgIpc) is 2.98. The number of aliphatic hydroxyl groups is 1. The van der Waals surface area contributed by atoms with Gasteiger partial charge in [-0.3, -0.25) is 9.36 Å². The third-order valence-electron chi connectivity index (χ3n) is 3.56. The Morgan fingerprint density at radius 3 is 2.83 bits per heavy atom. The van der Waals surface area contributed by atoms with Gasteiger partial charge in [0.15, 0.2) is 0 Å². The summed E-state index contributed by atoms with van der Waals surface area (Å²) in [5.41, 5.74) is 2.35. The lowest BCUT2D eigenvalue weighted by atomic mass is 10.2. The quantitative estimate of drug-likeness (QED) is 0.754. The molecule has 0 aliphatic carbocycles. The molecule has 2 aromatic heterocycles. The molecule has 118 valence electrons. The van der Waals surface area contributed by atoms with Crippen LogP contribution in [0.5, 0.6) is 0 Å². The molecule has 0 saturated heterocycles. The molecule has 0 aliphatic rings. The van der Waals surface area contributed by atoms with Gasteiger partial charge in [0, 0.05) is 12.7 Å². The summed E-state index contributed by atoms with van der Waals surface area (Å²) < 4.78 is 1.88. The predicted octanol–water partition coefficient (Wildman–Crippen LogP) is 1.92. The summed E-state index contributed by atoms with van der Waals surface area (Å²) in [7, 11) is 0. The second kappa shape index (κ2) is 6.58. The maximum Gasteiger partial charge on any atom is 0.252 e. The number of aromatic nitrogens is 3. The van der Waals surface area contributed by atoms with Gasteiger partial charge in [0.2, 0.25) is 0 Å².